The number of hydrogen-bond donors (Lipinski definition) is 1. The summed E-state index contributed by atoms with van der Waals surface area (Å²) >= 11 is 0. The van der Waals surface area contributed by atoms with Gasteiger partial charge in [-0.3, -0.25) is 9.69 Å². The maximum absolute atomic E-state index is 11.5. The molecule has 0 radical (unpaired) electrons. The fourth-order valence-electron chi connectivity index (χ4n) is 3.91. The van der Waals surface area contributed by atoms with E-state index in [-0.39, 0.29) is 6.04 Å². The van der Waals surface area contributed by atoms with Gasteiger partial charge in [0.1, 0.15) is 18.1 Å². The van der Waals surface area contributed by atoms with Crippen LogP contribution in [0.2, 0.25) is 0 Å². The molecule has 2 aromatic carbocycles. The third-order valence-corrected chi connectivity index (χ3v) is 5.68. The summed E-state index contributed by atoms with van der Waals surface area (Å²) in [5.74, 6) is 0.689. The van der Waals surface area contributed by atoms with Crippen LogP contribution >= 0.6 is 0 Å². The summed E-state index contributed by atoms with van der Waals surface area (Å²) in [5, 5.41) is 9.43. The molecule has 0 saturated carbocycles. The molecule has 1 N–H and O–H groups in total. The lowest BCUT2D eigenvalue weighted by molar-refractivity contribution is -0.144. The zero-order chi connectivity index (χ0) is 21.6. The van der Waals surface area contributed by atoms with Gasteiger partial charge in [0, 0.05) is 18.5 Å². The summed E-state index contributed by atoms with van der Waals surface area (Å²) in [7, 11) is 0. The molecule has 1 aliphatic rings. The van der Waals surface area contributed by atoms with E-state index >= 15 is 0 Å². The highest BCUT2D eigenvalue weighted by molar-refractivity contribution is 5.73. The van der Waals surface area contributed by atoms with E-state index in [1.54, 1.807) is 6.26 Å². The predicted molar refractivity (Wildman–Crippen MR) is 118 cm³/mol. The number of carboxylic acids is 1. The molecule has 1 aromatic heterocycles. The molecule has 1 atom stereocenters. The number of aryl methyl sites for hydroxylation is 1. The first-order valence-corrected chi connectivity index (χ1v) is 10.8. The van der Waals surface area contributed by atoms with E-state index in [0.717, 1.165) is 48.4 Å². The predicted octanol–water partition coefficient (Wildman–Crippen LogP) is 4.71. The number of aliphatic carboxylic acids is 1. The molecular formula is C25H28N2O4. The maximum atomic E-state index is 11.5. The summed E-state index contributed by atoms with van der Waals surface area (Å²) in [6, 6.07) is 15.6. The van der Waals surface area contributed by atoms with Crippen molar-refractivity contribution in [3.63, 3.8) is 0 Å². The summed E-state index contributed by atoms with van der Waals surface area (Å²) in [6.45, 7) is 4.04. The van der Waals surface area contributed by atoms with Crippen LogP contribution in [0.15, 0.2) is 59.2 Å². The van der Waals surface area contributed by atoms with Crippen molar-refractivity contribution < 1.29 is 19.1 Å². The molecule has 6 heteroatoms. The quantitative estimate of drug-likeness (QED) is 0.569. The minimum absolute atomic E-state index is 0.378. The van der Waals surface area contributed by atoms with Gasteiger partial charge in [-0.25, -0.2) is 4.98 Å². The van der Waals surface area contributed by atoms with Crippen molar-refractivity contribution in [2.45, 2.75) is 45.2 Å². The fourth-order valence-corrected chi connectivity index (χ4v) is 3.91. The highest BCUT2D eigenvalue weighted by Gasteiger charge is 2.28. The Morgan fingerprint density at radius 2 is 1.94 bits per heavy atom. The zero-order valence-electron chi connectivity index (χ0n) is 17.8. The summed E-state index contributed by atoms with van der Waals surface area (Å²) in [4.78, 5) is 18.1. The van der Waals surface area contributed by atoms with E-state index in [1.807, 2.05) is 48.5 Å². The van der Waals surface area contributed by atoms with Crippen molar-refractivity contribution in [2.75, 3.05) is 13.2 Å². The minimum Gasteiger partial charge on any atom is -0.493 e. The van der Waals surface area contributed by atoms with E-state index in [2.05, 4.69) is 16.8 Å². The van der Waals surface area contributed by atoms with Crippen LogP contribution in [-0.4, -0.2) is 40.2 Å². The molecule has 6 nitrogen and oxygen atoms in total. The third-order valence-electron chi connectivity index (χ3n) is 5.68. The van der Waals surface area contributed by atoms with E-state index in [9.17, 15) is 9.90 Å². The second-order valence-electron chi connectivity index (χ2n) is 8.07. The van der Waals surface area contributed by atoms with Crippen LogP contribution in [0.3, 0.4) is 0 Å². The average molecular weight is 421 g/mol. The van der Waals surface area contributed by atoms with Gasteiger partial charge in [0.05, 0.1) is 12.3 Å². The van der Waals surface area contributed by atoms with E-state index in [0.29, 0.717) is 25.5 Å². The normalized spacial score (nSPS) is 16.9. The Bertz CT molecular complexity index is 995. The molecule has 2 heterocycles. The van der Waals surface area contributed by atoms with E-state index < -0.39 is 5.97 Å². The first-order chi connectivity index (χ1) is 15.1. The number of nitrogens with zero attached hydrogens (tertiary/aromatic N) is 2. The van der Waals surface area contributed by atoms with Crippen molar-refractivity contribution in [1.82, 2.24) is 9.88 Å². The van der Waals surface area contributed by atoms with Gasteiger partial charge in [-0.1, -0.05) is 36.2 Å². The lowest BCUT2D eigenvalue weighted by Gasteiger charge is -2.32. The topological polar surface area (TPSA) is 75.8 Å². The zero-order valence-corrected chi connectivity index (χ0v) is 17.8. The second kappa shape index (κ2) is 9.79. The number of ether oxygens (including phenoxy) is 1. The van der Waals surface area contributed by atoms with Crippen LogP contribution in [0.4, 0.5) is 0 Å². The molecule has 0 amide bonds. The molecule has 1 unspecified atom stereocenters. The Morgan fingerprint density at radius 3 is 2.68 bits per heavy atom. The number of carboxylic acid groups (broad SMARTS) is 1. The van der Waals surface area contributed by atoms with E-state index in [4.69, 9.17) is 9.15 Å². The number of aromatic nitrogens is 1. The number of carbonyl (C=O) groups is 1. The third kappa shape index (κ3) is 5.52. The number of likely N-dealkylation sites (tertiary alicyclic amines) is 1. The molecule has 1 saturated heterocycles. The molecular weight excluding hydrogens is 392 g/mol. The summed E-state index contributed by atoms with van der Waals surface area (Å²) < 4.78 is 11.4. The van der Waals surface area contributed by atoms with Crippen LogP contribution in [-0.2, 0) is 17.8 Å². The Kier molecular flexibility index (Phi) is 6.67. The molecule has 1 fully saturated rings. The molecule has 0 aliphatic carbocycles. The van der Waals surface area contributed by atoms with Crippen LogP contribution in [0.5, 0.6) is 5.75 Å². The smallest absolute Gasteiger partial charge is 0.320 e. The molecule has 1 aliphatic heterocycles. The number of piperidine rings is 1. The van der Waals surface area contributed by atoms with Crippen LogP contribution in [0.25, 0.3) is 11.5 Å². The standard InChI is InChI=1S/C25H28N2O4/c1-18-5-9-20(10-6-18)24-26-21(17-31-24)13-15-30-22-11-7-19(8-12-22)16-27-14-3-2-4-23(27)25(28)29/h5-12,17,23H,2-4,13-16H2,1H3,(H,28,29). The molecule has 0 spiro atoms. The van der Waals surface area contributed by atoms with Crippen LogP contribution < -0.4 is 4.74 Å². The monoisotopic (exact) mass is 420 g/mol. The fraction of sp³-hybridized carbons (Fsp3) is 0.360. The Hall–Kier alpha value is -3.12. The first kappa shape index (κ1) is 21.1. The molecule has 31 heavy (non-hydrogen) atoms. The van der Waals surface area contributed by atoms with Gasteiger partial charge in [0.15, 0.2) is 0 Å². The lowest BCUT2D eigenvalue weighted by atomic mass is 10.0. The van der Waals surface area contributed by atoms with Gasteiger partial charge >= 0.3 is 5.97 Å². The van der Waals surface area contributed by atoms with Crippen LogP contribution in [0, 0.1) is 6.92 Å². The SMILES string of the molecule is Cc1ccc(-c2nc(CCOc3ccc(CN4CCCCC4C(=O)O)cc3)co2)cc1. The average Bonchev–Trinajstić information content (AvgIpc) is 3.25. The number of rotatable bonds is 8. The number of hydrogen-bond acceptors (Lipinski definition) is 5. The first-order valence-electron chi connectivity index (χ1n) is 10.8. The minimum atomic E-state index is -0.724. The molecule has 162 valence electrons. The largest absolute Gasteiger partial charge is 0.493 e. The van der Waals surface area contributed by atoms with Gasteiger partial charge in [0.25, 0.3) is 0 Å². The summed E-state index contributed by atoms with van der Waals surface area (Å²) in [6.07, 6.45) is 5.10. The van der Waals surface area contributed by atoms with Gasteiger partial charge in [-0.05, 0) is 56.1 Å². The van der Waals surface area contributed by atoms with Gasteiger partial charge in [-0.2, -0.15) is 0 Å². The Morgan fingerprint density at radius 1 is 1.16 bits per heavy atom. The maximum Gasteiger partial charge on any atom is 0.320 e. The van der Waals surface area contributed by atoms with Crippen molar-refractivity contribution in [2.24, 2.45) is 0 Å². The second-order valence-corrected chi connectivity index (χ2v) is 8.07. The highest BCUT2D eigenvalue weighted by Crippen LogP contribution is 2.22. The van der Waals surface area contributed by atoms with Crippen molar-refractivity contribution >= 4 is 5.97 Å². The van der Waals surface area contributed by atoms with Crippen molar-refractivity contribution in [3.05, 3.63) is 71.6 Å². The number of oxazole rings is 1. The van der Waals surface area contributed by atoms with Gasteiger partial charge < -0.3 is 14.3 Å². The molecule has 4 rings (SSSR count). The van der Waals surface area contributed by atoms with Gasteiger partial charge in [-0.15, -0.1) is 0 Å². The van der Waals surface area contributed by atoms with Crippen molar-refractivity contribution in [1.29, 1.82) is 0 Å². The molecule has 0 bridgehead atoms. The molecule has 3 aromatic rings. The highest BCUT2D eigenvalue weighted by atomic mass is 16.5. The van der Waals surface area contributed by atoms with Gasteiger partial charge in [0.2, 0.25) is 5.89 Å². The van der Waals surface area contributed by atoms with E-state index in [1.165, 1.54) is 5.56 Å². The Balaban J connectivity index is 1.27. The Labute approximate surface area is 182 Å². The number of benzene rings is 2. The lowest BCUT2D eigenvalue weighted by Crippen LogP contribution is -2.43. The van der Waals surface area contributed by atoms with Crippen molar-refractivity contribution in [3.8, 4) is 17.2 Å². The summed E-state index contributed by atoms with van der Waals surface area (Å²) in [5.41, 5.74) is 4.12. The van der Waals surface area contributed by atoms with Crippen LogP contribution in [0.1, 0.15) is 36.1 Å².